The topological polar surface area (TPSA) is 158 Å². The van der Waals surface area contributed by atoms with E-state index in [9.17, 15) is 28.3 Å². The summed E-state index contributed by atoms with van der Waals surface area (Å²) in [6, 6.07) is 24.3. The van der Waals surface area contributed by atoms with Gasteiger partial charge in [0.05, 0.1) is 52.5 Å². The number of hydrogen-bond donors (Lipinski definition) is 0. The largest absolute Gasteiger partial charge is 0.463 e. The molecule has 4 aromatic rings. The number of thioether (sulfide) groups is 2. The van der Waals surface area contributed by atoms with E-state index in [2.05, 4.69) is 0 Å². The van der Waals surface area contributed by atoms with Gasteiger partial charge in [-0.3, -0.25) is 28.3 Å². The Morgan fingerprint density at radius 2 is 0.797 bits per heavy atom. The van der Waals surface area contributed by atoms with Crippen LogP contribution in [0.25, 0.3) is 0 Å². The number of carbonyl (C=O) groups is 4. The van der Waals surface area contributed by atoms with Gasteiger partial charge in [-0.2, -0.15) is 23.5 Å². The van der Waals surface area contributed by atoms with Crippen molar-refractivity contribution in [1.29, 1.82) is 0 Å². The lowest BCUT2D eigenvalue weighted by Crippen LogP contribution is -2.20. The number of benzene rings is 4. The Labute approximate surface area is 386 Å². The molecule has 2 atom stereocenters. The average Bonchev–Trinajstić information content (AvgIpc) is 3.26. The molecule has 0 N–H and O–H groups in total. The summed E-state index contributed by atoms with van der Waals surface area (Å²) in [6.07, 6.45) is 0.367. The molecule has 0 saturated heterocycles. The predicted octanol–water partition coefficient (Wildman–Crippen LogP) is 9.12. The Morgan fingerprint density at radius 1 is 0.453 bits per heavy atom. The standard InChI is InChI=1S/C48H60O12P2S2/c1-35-31-37(3)45(38(4)32-35)47(51)61(53,41-13-9-7-10-14-41)59-23-21-57-43(49)17-27-63-29-25-55-19-20-56-26-30-64-28-18-44(50)58-22-24-60-62(54,42-15-11-8-12-16-42)48(52)46-39(5)33-36(2)34-40(46)6/h7-16,31-34H,17-30H2,1-6H3. The molecule has 16 heteroatoms. The van der Waals surface area contributed by atoms with Crippen LogP contribution in [0.2, 0.25) is 0 Å². The van der Waals surface area contributed by atoms with Crippen molar-refractivity contribution in [3.8, 4) is 0 Å². The normalized spacial score (nSPS) is 13.2. The molecule has 0 aliphatic carbocycles. The molecule has 346 valence electrons. The van der Waals surface area contributed by atoms with Gasteiger partial charge in [0.1, 0.15) is 13.2 Å². The highest BCUT2D eigenvalue weighted by Gasteiger charge is 2.39. The molecule has 0 heterocycles. The van der Waals surface area contributed by atoms with Crippen molar-refractivity contribution in [2.45, 2.75) is 54.4 Å². The molecule has 64 heavy (non-hydrogen) atoms. The summed E-state index contributed by atoms with van der Waals surface area (Å²) in [5.74, 6) is 1.62. The fourth-order valence-electron chi connectivity index (χ4n) is 6.94. The van der Waals surface area contributed by atoms with E-state index in [1.54, 1.807) is 84.2 Å². The Hall–Kier alpha value is -3.84. The summed E-state index contributed by atoms with van der Waals surface area (Å²) < 4.78 is 61.7. The Kier molecular flexibility index (Phi) is 22.2. The fraction of sp³-hybridized carbons (Fsp3) is 0.417. The second kappa shape index (κ2) is 27.0. The van der Waals surface area contributed by atoms with Crippen molar-refractivity contribution in [3.05, 3.63) is 129 Å². The van der Waals surface area contributed by atoms with Crippen LogP contribution in [-0.2, 0) is 46.7 Å². The van der Waals surface area contributed by atoms with Gasteiger partial charge in [-0.15, -0.1) is 0 Å². The van der Waals surface area contributed by atoms with Gasteiger partial charge in [-0.1, -0.05) is 71.8 Å². The summed E-state index contributed by atoms with van der Waals surface area (Å²) in [5.41, 5.74) is 4.51. The number of aryl methyl sites for hydroxylation is 6. The maximum absolute atomic E-state index is 14.2. The zero-order valence-corrected chi connectivity index (χ0v) is 41.0. The van der Waals surface area contributed by atoms with Crippen LogP contribution in [0.5, 0.6) is 0 Å². The molecular formula is C48H60O12P2S2. The van der Waals surface area contributed by atoms with E-state index in [-0.39, 0.29) is 39.3 Å². The van der Waals surface area contributed by atoms with Crippen molar-refractivity contribution in [3.63, 3.8) is 0 Å². The summed E-state index contributed by atoms with van der Waals surface area (Å²) in [4.78, 5) is 52.1. The van der Waals surface area contributed by atoms with E-state index < -0.39 is 37.7 Å². The minimum atomic E-state index is -3.98. The van der Waals surface area contributed by atoms with Gasteiger partial charge < -0.3 is 28.0 Å². The van der Waals surface area contributed by atoms with E-state index in [1.807, 2.05) is 65.8 Å². The molecular weight excluding hydrogens is 895 g/mol. The van der Waals surface area contributed by atoms with Crippen molar-refractivity contribution in [2.24, 2.45) is 0 Å². The molecule has 0 aliphatic rings. The number of ether oxygens (including phenoxy) is 4. The van der Waals surface area contributed by atoms with Crippen LogP contribution in [0, 0.1) is 41.5 Å². The zero-order valence-electron chi connectivity index (χ0n) is 37.6. The van der Waals surface area contributed by atoms with Crippen LogP contribution in [0.4, 0.5) is 0 Å². The monoisotopic (exact) mass is 954 g/mol. The van der Waals surface area contributed by atoms with Crippen molar-refractivity contribution >= 4 is 71.9 Å². The molecule has 0 amide bonds. The second-order valence-corrected chi connectivity index (χ2v) is 22.0. The van der Waals surface area contributed by atoms with Gasteiger partial charge >= 0.3 is 26.7 Å². The summed E-state index contributed by atoms with van der Waals surface area (Å²) >= 11 is 3.11. The van der Waals surface area contributed by atoms with Crippen molar-refractivity contribution in [2.75, 3.05) is 75.9 Å². The Morgan fingerprint density at radius 3 is 1.14 bits per heavy atom. The minimum absolute atomic E-state index is 0.133. The van der Waals surface area contributed by atoms with Crippen LogP contribution < -0.4 is 10.6 Å². The maximum atomic E-state index is 14.2. The van der Waals surface area contributed by atoms with Gasteiger partial charge in [0.25, 0.3) is 11.0 Å². The highest BCUT2D eigenvalue weighted by atomic mass is 32.2. The molecule has 12 nitrogen and oxygen atoms in total. The first-order chi connectivity index (χ1) is 30.7. The van der Waals surface area contributed by atoms with Crippen LogP contribution in [0.3, 0.4) is 0 Å². The molecule has 0 aromatic heterocycles. The number of esters is 2. The number of hydrogen-bond acceptors (Lipinski definition) is 14. The first-order valence-corrected chi connectivity index (χ1v) is 26.7. The lowest BCUT2D eigenvalue weighted by Gasteiger charge is -2.20. The van der Waals surface area contributed by atoms with Crippen LogP contribution in [0.1, 0.15) is 66.9 Å². The van der Waals surface area contributed by atoms with Crippen LogP contribution in [0.15, 0.2) is 84.9 Å². The summed E-state index contributed by atoms with van der Waals surface area (Å²) in [5, 5.41) is 0.581. The molecule has 4 aromatic carbocycles. The van der Waals surface area contributed by atoms with Crippen LogP contribution in [-0.4, -0.2) is 98.9 Å². The van der Waals surface area contributed by atoms with E-state index in [0.29, 0.717) is 71.2 Å². The SMILES string of the molecule is Cc1cc(C)c(C(=O)P(=O)(OCCOC(=O)CCSCCOCCOCCSCCC(=O)OCCOP(=O)(C(=O)c2c(C)cc(C)cc2C)c2ccccc2)c2ccccc2)c(C)c1. The van der Waals surface area contributed by atoms with Gasteiger partial charge in [-0.25, -0.2) is 0 Å². The lowest BCUT2D eigenvalue weighted by atomic mass is 10.0. The quantitative estimate of drug-likeness (QED) is 0.0288. The minimum Gasteiger partial charge on any atom is -0.463 e. The molecule has 0 fully saturated rings. The average molecular weight is 955 g/mol. The van der Waals surface area contributed by atoms with Gasteiger partial charge in [0, 0.05) is 44.7 Å². The molecule has 2 unspecified atom stereocenters. The van der Waals surface area contributed by atoms with E-state index in [4.69, 9.17) is 28.0 Å². The highest BCUT2D eigenvalue weighted by Crippen LogP contribution is 2.51. The van der Waals surface area contributed by atoms with Gasteiger partial charge in [-0.05, 0) is 88.1 Å². The summed E-state index contributed by atoms with van der Waals surface area (Å²) in [6.45, 7) is 12.3. The Bertz CT molecular complexity index is 2060. The number of rotatable bonds is 29. The first-order valence-electron chi connectivity index (χ1n) is 21.2. The smallest absolute Gasteiger partial charge is 0.306 e. The lowest BCUT2D eigenvalue weighted by molar-refractivity contribution is -0.144. The highest BCUT2D eigenvalue weighted by molar-refractivity contribution is 7.99. The number of carbonyl (C=O) groups excluding carboxylic acids is 4. The first kappa shape index (κ1) is 52.8. The fourth-order valence-corrected chi connectivity index (χ4v) is 12.5. The molecule has 0 bridgehead atoms. The third-order valence-electron chi connectivity index (χ3n) is 9.76. The third kappa shape index (κ3) is 15.9. The summed E-state index contributed by atoms with van der Waals surface area (Å²) in [7, 11) is -7.97. The van der Waals surface area contributed by atoms with Gasteiger partial charge in [0.2, 0.25) is 0 Å². The van der Waals surface area contributed by atoms with Gasteiger partial charge in [0.15, 0.2) is 0 Å². The molecule has 0 radical (unpaired) electrons. The zero-order chi connectivity index (χ0) is 46.5. The predicted molar refractivity (Wildman–Crippen MR) is 257 cm³/mol. The maximum Gasteiger partial charge on any atom is 0.306 e. The molecule has 0 saturated carbocycles. The van der Waals surface area contributed by atoms with Crippen molar-refractivity contribution in [1.82, 2.24) is 0 Å². The van der Waals surface area contributed by atoms with Crippen LogP contribution >= 0.6 is 38.3 Å². The molecule has 4 rings (SSSR count). The molecule has 0 aliphatic heterocycles. The van der Waals surface area contributed by atoms with E-state index in [1.165, 1.54) is 0 Å². The van der Waals surface area contributed by atoms with E-state index >= 15 is 0 Å². The van der Waals surface area contributed by atoms with Crippen molar-refractivity contribution < 1.29 is 56.3 Å². The van der Waals surface area contributed by atoms with E-state index in [0.717, 1.165) is 33.4 Å². The third-order valence-corrected chi connectivity index (χ3v) is 16.2. The second-order valence-electron chi connectivity index (χ2n) is 15.0. The Balaban J connectivity index is 1.00. The molecule has 0 spiro atoms.